The summed E-state index contributed by atoms with van der Waals surface area (Å²) in [5.74, 6) is 0.792. The van der Waals surface area contributed by atoms with Gasteiger partial charge in [-0.3, -0.25) is 9.59 Å². The highest BCUT2D eigenvalue weighted by atomic mass is 79.9. The summed E-state index contributed by atoms with van der Waals surface area (Å²) in [6.45, 7) is 8.04. The van der Waals surface area contributed by atoms with Gasteiger partial charge in [-0.15, -0.1) is 0 Å². The van der Waals surface area contributed by atoms with Gasteiger partial charge in [-0.1, -0.05) is 6.42 Å². The van der Waals surface area contributed by atoms with E-state index in [0.29, 0.717) is 47.4 Å². The first kappa shape index (κ1) is 29.2. The van der Waals surface area contributed by atoms with E-state index in [1.807, 2.05) is 19.9 Å². The van der Waals surface area contributed by atoms with Gasteiger partial charge < -0.3 is 24.6 Å². The lowest BCUT2D eigenvalue weighted by Crippen LogP contribution is -2.45. The third-order valence-corrected chi connectivity index (χ3v) is 7.95. The molecule has 2 amide bonds. The van der Waals surface area contributed by atoms with Gasteiger partial charge in [0, 0.05) is 42.3 Å². The quantitative estimate of drug-likeness (QED) is 0.339. The van der Waals surface area contributed by atoms with Gasteiger partial charge in [0.1, 0.15) is 12.0 Å². The first-order chi connectivity index (χ1) is 19.0. The van der Waals surface area contributed by atoms with Crippen LogP contribution in [0.2, 0.25) is 0 Å². The molecule has 0 radical (unpaired) electrons. The molecule has 1 saturated carbocycles. The Labute approximate surface area is 239 Å². The molecule has 0 atom stereocenters. The number of amides is 2. The van der Waals surface area contributed by atoms with Gasteiger partial charge in [0.25, 0.3) is 5.91 Å². The van der Waals surface area contributed by atoms with E-state index in [2.05, 4.69) is 41.1 Å². The van der Waals surface area contributed by atoms with Crippen molar-refractivity contribution in [2.45, 2.75) is 64.8 Å². The Bertz CT molecular complexity index is 1080. The molecule has 2 aromatic rings. The van der Waals surface area contributed by atoms with Crippen molar-refractivity contribution in [1.82, 2.24) is 25.2 Å². The van der Waals surface area contributed by atoms with E-state index in [-0.39, 0.29) is 23.8 Å². The van der Waals surface area contributed by atoms with Crippen LogP contribution in [0.4, 0.5) is 5.69 Å². The first-order valence-corrected chi connectivity index (χ1v) is 14.9. The number of carbonyl (C=O) groups is 2. The van der Waals surface area contributed by atoms with Crippen LogP contribution in [-0.4, -0.2) is 77.1 Å². The molecular weight excluding hydrogens is 564 g/mol. The minimum Gasteiger partial charge on any atom is -0.476 e. The number of rotatable bonds is 13. The summed E-state index contributed by atoms with van der Waals surface area (Å²) >= 11 is 3.40. The van der Waals surface area contributed by atoms with Crippen molar-refractivity contribution >= 4 is 33.4 Å². The molecule has 0 spiro atoms. The van der Waals surface area contributed by atoms with Gasteiger partial charge in [0.15, 0.2) is 5.69 Å². The number of hydrogen-bond acceptors (Lipinski definition) is 8. The Kier molecular flexibility index (Phi) is 10.9. The fraction of sp³-hybridized carbons (Fsp3) is 0.607. The molecule has 2 aliphatic rings. The predicted octanol–water partition coefficient (Wildman–Crippen LogP) is 4.24. The van der Waals surface area contributed by atoms with E-state index < -0.39 is 0 Å². The SMILES string of the molecule is CCOc1ncnc(OCC)c1N(CCCCN1CCC(NC(=O)c2ncccc2Br)CC1)C(=O)C1CCC1. The lowest BCUT2D eigenvalue weighted by atomic mass is 9.84. The summed E-state index contributed by atoms with van der Waals surface area (Å²) in [6, 6.07) is 3.77. The van der Waals surface area contributed by atoms with E-state index in [1.54, 1.807) is 17.2 Å². The number of likely N-dealkylation sites (tertiary alicyclic amines) is 1. The van der Waals surface area contributed by atoms with Crippen LogP contribution >= 0.6 is 15.9 Å². The van der Waals surface area contributed by atoms with Crippen LogP contribution in [0, 0.1) is 5.92 Å². The molecule has 2 fully saturated rings. The molecule has 212 valence electrons. The largest absolute Gasteiger partial charge is 0.476 e. The standard InChI is InChI=1S/C28H39BrN6O4/c1-3-38-26-24(27(39-4-2)32-19-31-26)35(28(37)20-9-7-10-20)16-6-5-15-34-17-12-21(13-18-34)33-25(36)23-22(29)11-8-14-30-23/h8,11,14,19-21H,3-7,9-10,12-13,15-18H2,1-2H3,(H,33,36). The van der Waals surface area contributed by atoms with Crippen LogP contribution in [0.1, 0.15) is 69.3 Å². The molecule has 4 rings (SSSR count). The topological polar surface area (TPSA) is 110 Å². The highest BCUT2D eigenvalue weighted by Crippen LogP contribution is 2.38. The average Bonchev–Trinajstić information content (AvgIpc) is 2.90. The van der Waals surface area contributed by atoms with Crippen molar-refractivity contribution < 1.29 is 19.1 Å². The first-order valence-electron chi connectivity index (χ1n) is 14.1. The van der Waals surface area contributed by atoms with Crippen LogP contribution in [0.15, 0.2) is 29.1 Å². The van der Waals surface area contributed by atoms with E-state index in [0.717, 1.165) is 64.6 Å². The third-order valence-electron chi connectivity index (χ3n) is 7.31. The molecule has 10 nitrogen and oxygen atoms in total. The van der Waals surface area contributed by atoms with Gasteiger partial charge in [-0.05, 0) is 87.0 Å². The average molecular weight is 604 g/mol. The molecule has 1 aliphatic heterocycles. The number of nitrogens with one attached hydrogen (secondary N) is 1. The second-order valence-electron chi connectivity index (χ2n) is 9.95. The number of anilines is 1. The van der Waals surface area contributed by atoms with E-state index in [4.69, 9.17) is 9.47 Å². The molecule has 11 heteroatoms. The van der Waals surface area contributed by atoms with Crippen molar-refractivity contribution in [3.63, 3.8) is 0 Å². The molecule has 0 unspecified atom stereocenters. The Balaban J connectivity index is 1.30. The summed E-state index contributed by atoms with van der Waals surface area (Å²) in [7, 11) is 0. The number of hydrogen-bond donors (Lipinski definition) is 1. The number of piperidine rings is 1. The van der Waals surface area contributed by atoms with Crippen LogP contribution < -0.4 is 19.7 Å². The maximum Gasteiger partial charge on any atom is 0.271 e. The molecule has 2 aromatic heterocycles. The number of pyridine rings is 1. The summed E-state index contributed by atoms with van der Waals surface area (Å²) < 4.78 is 12.3. The Morgan fingerprint density at radius 2 is 1.74 bits per heavy atom. The van der Waals surface area contributed by atoms with Crippen molar-refractivity contribution in [1.29, 1.82) is 0 Å². The van der Waals surface area contributed by atoms with Gasteiger partial charge in [-0.25, -0.2) is 4.98 Å². The highest BCUT2D eigenvalue weighted by Gasteiger charge is 2.34. The summed E-state index contributed by atoms with van der Waals surface area (Å²) in [4.78, 5) is 43.1. The number of aromatic nitrogens is 3. The predicted molar refractivity (Wildman–Crippen MR) is 152 cm³/mol. The Hall–Kier alpha value is -2.79. The van der Waals surface area contributed by atoms with Gasteiger partial charge >= 0.3 is 0 Å². The summed E-state index contributed by atoms with van der Waals surface area (Å²) in [5.41, 5.74) is 0.971. The number of nitrogens with zero attached hydrogens (tertiary/aromatic N) is 5. The second-order valence-corrected chi connectivity index (χ2v) is 10.8. The summed E-state index contributed by atoms with van der Waals surface area (Å²) in [6.07, 6.45) is 9.57. The normalized spacial score (nSPS) is 16.4. The van der Waals surface area contributed by atoms with Crippen LogP contribution in [0.5, 0.6) is 11.8 Å². The zero-order valence-corrected chi connectivity index (χ0v) is 24.5. The monoisotopic (exact) mass is 602 g/mol. The second kappa shape index (κ2) is 14.6. The molecule has 1 aliphatic carbocycles. The zero-order valence-electron chi connectivity index (χ0n) is 22.9. The smallest absolute Gasteiger partial charge is 0.271 e. The lowest BCUT2D eigenvalue weighted by Gasteiger charge is -2.34. The van der Waals surface area contributed by atoms with Gasteiger partial charge in [-0.2, -0.15) is 9.97 Å². The minimum atomic E-state index is -0.139. The number of carbonyl (C=O) groups excluding carboxylic acids is 2. The molecule has 0 bridgehead atoms. The Morgan fingerprint density at radius 3 is 2.33 bits per heavy atom. The maximum absolute atomic E-state index is 13.5. The van der Waals surface area contributed by atoms with Crippen molar-refractivity contribution in [3.8, 4) is 11.8 Å². The molecule has 0 aromatic carbocycles. The fourth-order valence-electron chi connectivity index (χ4n) is 4.98. The van der Waals surface area contributed by atoms with Crippen molar-refractivity contribution in [2.24, 2.45) is 5.92 Å². The van der Waals surface area contributed by atoms with E-state index in [9.17, 15) is 9.59 Å². The van der Waals surface area contributed by atoms with Crippen LogP contribution in [0.25, 0.3) is 0 Å². The summed E-state index contributed by atoms with van der Waals surface area (Å²) in [5, 5.41) is 3.12. The molecule has 3 heterocycles. The fourth-order valence-corrected chi connectivity index (χ4v) is 5.42. The lowest BCUT2D eigenvalue weighted by molar-refractivity contribution is -0.124. The zero-order chi connectivity index (χ0) is 27.6. The van der Waals surface area contributed by atoms with Crippen molar-refractivity contribution in [2.75, 3.05) is 44.3 Å². The van der Waals surface area contributed by atoms with Crippen LogP contribution in [0.3, 0.4) is 0 Å². The highest BCUT2D eigenvalue weighted by molar-refractivity contribution is 9.10. The molecule has 1 saturated heterocycles. The van der Waals surface area contributed by atoms with E-state index >= 15 is 0 Å². The van der Waals surface area contributed by atoms with E-state index in [1.165, 1.54) is 6.33 Å². The third kappa shape index (κ3) is 7.66. The van der Waals surface area contributed by atoms with Crippen LogP contribution in [-0.2, 0) is 4.79 Å². The molecule has 39 heavy (non-hydrogen) atoms. The minimum absolute atomic E-state index is 0.0371. The molecule has 1 N–H and O–H groups in total. The van der Waals surface area contributed by atoms with Crippen molar-refractivity contribution in [3.05, 3.63) is 34.8 Å². The molecular formula is C28H39BrN6O4. The Morgan fingerprint density at radius 1 is 1.05 bits per heavy atom. The van der Waals surface area contributed by atoms with Gasteiger partial charge in [0.2, 0.25) is 17.7 Å². The van der Waals surface area contributed by atoms with Gasteiger partial charge in [0.05, 0.1) is 13.2 Å². The number of halogens is 1. The number of ether oxygens (including phenoxy) is 2. The maximum atomic E-state index is 13.5. The number of unbranched alkanes of at least 4 members (excludes halogenated alkanes) is 1.